The lowest BCUT2D eigenvalue weighted by molar-refractivity contribution is -0.124. The lowest BCUT2D eigenvalue weighted by Gasteiger charge is -2.20. The van der Waals surface area contributed by atoms with Crippen molar-refractivity contribution in [3.05, 3.63) is 83.2 Å². The van der Waals surface area contributed by atoms with Crippen molar-refractivity contribution in [3.8, 4) is 11.5 Å². The van der Waals surface area contributed by atoms with Crippen LogP contribution in [-0.2, 0) is 9.53 Å². The molecule has 1 heterocycles. The normalized spacial score (nSPS) is 10.5. The second kappa shape index (κ2) is 10.3. The fourth-order valence-corrected chi connectivity index (χ4v) is 3.08. The summed E-state index contributed by atoms with van der Waals surface area (Å²) in [6, 6.07) is 15.5. The van der Waals surface area contributed by atoms with Crippen molar-refractivity contribution < 1.29 is 28.6 Å². The van der Waals surface area contributed by atoms with Gasteiger partial charge in [-0.1, -0.05) is 24.3 Å². The first-order valence-electron chi connectivity index (χ1n) is 9.85. The minimum Gasteiger partial charge on any atom is -0.497 e. The average Bonchev–Trinajstić information content (AvgIpc) is 3.32. The zero-order chi connectivity index (χ0) is 23.1. The Morgan fingerprint density at radius 3 is 1.88 bits per heavy atom. The third kappa shape index (κ3) is 5.54. The lowest BCUT2D eigenvalue weighted by Crippen LogP contribution is -2.33. The Labute approximate surface area is 185 Å². The number of Topliss-reactive ketones (excluding diaryl/α,β-unsaturated/α-hetero) is 1. The second-order valence-electron chi connectivity index (χ2n) is 6.98. The Kier molecular flexibility index (Phi) is 7.28. The van der Waals surface area contributed by atoms with Crippen LogP contribution in [0.1, 0.15) is 44.9 Å². The number of ether oxygens (including phenoxy) is 3. The summed E-state index contributed by atoms with van der Waals surface area (Å²) >= 11 is 0. The first-order chi connectivity index (χ1) is 15.4. The van der Waals surface area contributed by atoms with Gasteiger partial charge in [0.1, 0.15) is 17.2 Å². The maximum Gasteiger partial charge on any atom is 0.355 e. The molecule has 2 N–H and O–H groups in total. The molecule has 0 aliphatic heterocycles. The van der Waals surface area contributed by atoms with E-state index in [2.05, 4.69) is 10.3 Å². The Morgan fingerprint density at radius 2 is 1.44 bits per heavy atom. The highest BCUT2D eigenvalue weighted by molar-refractivity contribution is 5.97. The van der Waals surface area contributed by atoms with Crippen molar-refractivity contribution in [2.75, 3.05) is 20.8 Å². The summed E-state index contributed by atoms with van der Waals surface area (Å²) in [6.45, 7) is 0.917. The number of nitrogens with one attached hydrogen (secondary N) is 2. The van der Waals surface area contributed by atoms with Crippen LogP contribution >= 0.6 is 0 Å². The number of hydrogen-bond acceptors (Lipinski definition) is 6. The molecular formula is C24H24N2O6. The smallest absolute Gasteiger partial charge is 0.355 e. The van der Waals surface area contributed by atoms with E-state index in [-0.39, 0.29) is 11.5 Å². The van der Waals surface area contributed by atoms with Gasteiger partial charge in [0.15, 0.2) is 12.4 Å². The molecule has 0 saturated heterocycles. The van der Waals surface area contributed by atoms with Crippen LogP contribution in [-0.4, -0.2) is 43.5 Å². The first-order valence-corrected chi connectivity index (χ1v) is 9.85. The fraction of sp³-hybridized carbons (Fsp3) is 0.208. The van der Waals surface area contributed by atoms with E-state index in [4.69, 9.17) is 14.2 Å². The van der Waals surface area contributed by atoms with Crippen LogP contribution in [0.4, 0.5) is 0 Å². The first kappa shape index (κ1) is 22.6. The SMILES string of the molecule is COc1ccc(C(NC(=O)COC(=O)c2cc(C(C)=O)c[nH]2)c2ccc(OC)cc2)cc1. The topological polar surface area (TPSA) is 107 Å². The van der Waals surface area contributed by atoms with Crippen LogP contribution in [0.2, 0.25) is 0 Å². The third-order valence-corrected chi connectivity index (χ3v) is 4.85. The zero-order valence-electron chi connectivity index (χ0n) is 18.0. The number of benzene rings is 2. The summed E-state index contributed by atoms with van der Waals surface area (Å²) in [4.78, 5) is 38.8. The Morgan fingerprint density at radius 1 is 0.906 bits per heavy atom. The van der Waals surface area contributed by atoms with Crippen LogP contribution in [0, 0.1) is 0 Å². The molecule has 1 aromatic heterocycles. The van der Waals surface area contributed by atoms with Gasteiger partial charge in [0.05, 0.1) is 20.3 Å². The molecule has 0 unspecified atom stereocenters. The van der Waals surface area contributed by atoms with Gasteiger partial charge in [-0.2, -0.15) is 0 Å². The highest BCUT2D eigenvalue weighted by Gasteiger charge is 2.19. The van der Waals surface area contributed by atoms with E-state index in [9.17, 15) is 14.4 Å². The Bertz CT molecular complexity index is 1040. The standard InChI is InChI=1S/C24H24N2O6/c1-15(27)18-12-21(25-13-18)24(29)32-14-22(28)26-23(16-4-8-19(30-2)9-5-16)17-6-10-20(31-3)11-7-17/h4-13,23,25H,14H2,1-3H3,(H,26,28). The molecule has 8 heteroatoms. The molecule has 8 nitrogen and oxygen atoms in total. The van der Waals surface area contributed by atoms with Crippen molar-refractivity contribution in [2.45, 2.75) is 13.0 Å². The molecule has 0 atom stereocenters. The number of esters is 1. The van der Waals surface area contributed by atoms with Crippen molar-refractivity contribution >= 4 is 17.7 Å². The highest BCUT2D eigenvalue weighted by atomic mass is 16.5. The number of aromatic amines is 1. The molecule has 0 radical (unpaired) electrons. The molecular weight excluding hydrogens is 412 g/mol. The summed E-state index contributed by atoms with van der Waals surface area (Å²) in [5.74, 6) is 0.00280. The molecule has 0 aliphatic carbocycles. The van der Waals surface area contributed by atoms with Crippen molar-refractivity contribution in [2.24, 2.45) is 0 Å². The van der Waals surface area contributed by atoms with E-state index in [0.29, 0.717) is 17.1 Å². The number of hydrogen-bond donors (Lipinski definition) is 2. The molecule has 1 amide bonds. The van der Waals surface area contributed by atoms with Gasteiger partial charge in [0.25, 0.3) is 5.91 Å². The predicted molar refractivity (Wildman–Crippen MR) is 117 cm³/mol. The molecule has 2 aromatic carbocycles. The molecule has 0 fully saturated rings. The van der Waals surface area contributed by atoms with Gasteiger partial charge in [0.2, 0.25) is 0 Å². The average molecular weight is 436 g/mol. The van der Waals surface area contributed by atoms with E-state index in [1.165, 1.54) is 19.2 Å². The Balaban J connectivity index is 1.71. The van der Waals surface area contributed by atoms with Gasteiger partial charge < -0.3 is 24.5 Å². The highest BCUT2D eigenvalue weighted by Crippen LogP contribution is 2.26. The maximum atomic E-state index is 12.6. The number of amides is 1. The van der Waals surface area contributed by atoms with Crippen molar-refractivity contribution in [3.63, 3.8) is 0 Å². The lowest BCUT2D eigenvalue weighted by atomic mass is 9.98. The Hall–Kier alpha value is -4.07. The molecule has 0 bridgehead atoms. The summed E-state index contributed by atoms with van der Waals surface area (Å²) in [5.41, 5.74) is 2.11. The van der Waals surface area contributed by atoms with Crippen LogP contribution in [0.5, 0.6) is 11.5 Å². The second-order valence-corrected chi connectivity index (χ2v) is 6.98. The summed E-state index contributed by atoms with van der Waals surface area (Å²) in [6.07, 6.45) is 1.42. The van der Waals surface area contributed by atoms with E-state index in [1.807, 2.05) is 24.3 Å². The minimum absolute atomic E-state index is 0.102. The molecule has 32 heavy (non-hydrogen) atoms. The van der Waals surface area contributed by atoms with Crippen molar-refractivity contribution in [1.29, 1.82) is 0 Å². The van der Waals surface area contributed by atoms with Gasteiger partial charge >= 0.3 is 5.97 Å². The largest absolute Gasteiger partial charge is 0.497 e. The summed E-state index contributed by atoms with van der Waals surface area (Å²) in [7, 11) is 3.16. The number of ketones is 1. The van der Waals surface area contributed by atoms with Gasteiger partial charge in [-0.25, -0.2) is 4.79 Å². The van der Waals surface area contributed by atoms with E-state index >= 15 is 0 Å². The van der Waals surface area contributed by atoms with Gasteiger partial charge in [-0.3, -0.25) is 9.59 Å². The van der Waals surface area contributed by atoms with Gasteiger partial charge in [0, 0.05) is 11.8 Å². The predicted octanol–water partition coefficient (Wildman–Crippen LogP) is 3.30. The summed E-state index contributed by atoms with van der Waals surface area (Å²) in [5, 5.41) is 2.89. The van der Waals surface area contributed by atoms with Crippen LogP contribution in [0.3, 0.4) is 0 Å². The number of carbonyl (C=O) groups excluding carboxylic acids is 3. The van der Waals surface area contributed by atoms with Gasteiger partial charge in [-0.05, 0) is 48.4 Å². The third-order valence-electron chi connectivity index (χ3n) is 4.85. The molecule has 0 saturated carbocycles. The number of H-pyrrole nitrogens is 1. The number of carbonyl (C=O) groups is 3. The van der Waals surface area contributed by atoms with Crippen LogP contribution < -0.4 is 14.8 Å². The number of aromatic nitrogens is 1. The fourth-order valence-electron chi connectivity index (χ4n) is 3.08. The zero-order valence-corrected chi connectivity index (χ0v) is 18.0. The minimum atomic E-state index is -0.724. The van der Waals surface area contributed by atoms with Crippen LogP contribution in [0.25, 0.3) is 0 Å². The van der Waals surface area contributed by atoms with Crippen molar-refractivity contribution in [1.82, 2.24) is 10.3 Å². The van der Waals surface area contributed by atoms with E-state index < -0.39 is 24.5 Å². The molecule has 3 aromatic rings. The number of rotatable bonds is 9. The monoisotopic (exact) mass is 436 g/mol. The molecule has 3 rings (SSSR count). The van der Waals surface area contributed by atoms with E-state index in [1.54, 1.807) is 38.5 Å². The summed E-state index contributed by atoms with van der Waals surface area (Å²) < 4.78 is 15.5. The van der Waals surface area contributed by atoms with Gasteiger partial charge in [-0.15, -0.1) is 0 Å². The number of methoxy groups -OCH3 is 2. The molecule has 0 spiro atoms. The van der Waals surface area contributed by atoms with Crippen LogP contribution in [0.15, 0.2) is 60.8 Å². The molecule has 166 valence electrons. The molecule has 0 aliphatic rings. The quantitative estimate of drug-likeness (QED) is 0.394. The van der Waals surface area contributed by atoms with E-state index in [0.717, 1.165) is 11.1 Å². The maximum absolute atomic E-state index is 12.6.